The van der Waals surface area contributed by atoms with E-state index in [9.17, 15) is 13.2 Å². The van der Waals surface area contributed by atoms with E-state index in [1.807, 2.05) is 26.8 Å². The highest BCUT2D eigenvalue weighted by molar-refractivity contribution is 7.89. The predicted octanol–water partition coefficient (Wildman–Crippen LogP) is 3.50. The molecule has 2 aromatic rings. The second kappa shape index (κ2) is 6.87. The molecule has 4 nitrogen and oxygen atoms in total. The third kappa shape index (κ3) is 3.57. The third-order valence-corrected chi connectivity index (χ3v) is 6.36. The van der Waals surface area contributed by atoms with Crippen molar-refractivity contribution in [3.8, 4) is 0 Å². The fraction of sp³-hybridized carbons (Fsp3) is 0.316. The molecule has 2 aromatic carbocycles. The first kappa shape index (κ1) is 18.4. The second-order valence-electron chi connectivity index (χ2n) is 6.17. The van der Waals surface area contributed by atoms with Crippen LogP contribution in [-0.4, -0.2) is 31.6 Å². The summed E-state index contributed by atoms with van der Waals surface area (Å²) in [4.78, 5) is 12.9. The van der Waals surface area contributed by atoms with Crippen molar-refractivity contribution < 1.29 is 13.2 Å². The average molecular weight is 345 g/mol. The molecule has 0 aliphatic carbocycles. The molecule has 0 spiro atoms. The molecular weight excluding hydrogens is 322 g/mol. The number of hydrogen-bond donors (Lipinski definition) is 0. The molecular formula is C19H23NO3S. The third-order valence-electron chi connectivity index (χ3n) is 4.41. The molecule has 1 atom stereocenters. The molecule has 0 amide bonds. The van der Waals surface area contributed by atoms with Crippen LogP contribution in [0.3, 0.4) is 0 Å². The number of aryl methyl sites for hydroxylation is 3. The van der Waals surface area contributed by atoms with Crippen LogP contribution in [0.2, 0.25) is 0 Å². The van der Waals surface area contributed by atoms with Crippen molar-refractivity contribution in [2.45, 2.75) is 38.6 Å². The molecule has 24 heavy (non-hydrogen) atoms. The Kier molecular flexibility index (Phi) is 5.26. The summed E-state index contributed by atoms with van der Waals surface area (Å²) in [6.45, 7) is 7.42. The predicted molar refractivity (Wildman–Crippen MR) is 95.8 cm³/mol. The van der Waals surface area contributed by atoms with E-state index >= 15 is 0 Å². The number of benzene rings is 2. The number of nitrogens with zero attached hydrogens (tertiary/aromatic N) is 1. The summed E-state index contributed by atoms with van der Waals surface area (Å²) in [7, 11) is -2.27. The minimum Gasteiger partial charge on any atom is -0.292 e. The molecule has 2 rings (SSSR count). The lowest BCUT2D eigenvalue weighted by Crippen LogP contribution is -2.40. The minimum absolute atomic E-state index is 0.190. The summed E-state index contributed by atoms with van der Waals surface area (Å²) in [5.41, 5.74) is 3.62. The first-order valence-electron chi connectivity index (χ1n) is 7.80. The van der Waals surface area contributed by atoms with E-state index < -0.39 is 16.1 Å². The van der Waals surface area contributed by atoms with Crippen LogP contribution in [0.5, 0.6) is 0 Å². The molecule has 1 unspecified atom stereocenters. The molecule has 0 aromatic heterocycles. The van der Waals surface area contributed by atoms with Crippen LogP contribution in [0.15, 0.2) is 47.4 Å². The molecule has 0 saturated heterocycles. The van der Waals surface area contributed by atoms with Crippen molar-refractivity contribution in [1.82, 2.24) is 4.31 Å². The standard InChI is InChI=1S/C19H23NO3S/c1-13-6-10-18(11-7-13)24(22,23)20(5)16(4)19(21)17-9-8-14(2)15(3)12-17/h6-12,16H,1-5H3. The van der Waals surface area contributed by atoms with Gasteiger partial charge < -0.3 is 0 Å². The van der Waals surface area contributed by atoms with Gasteiger partial charge in [-0.05, 0) is 57.0 Å². The Morgan fingerprint density at radius 2 is 1.54 bits per heavy atom. The zero-order valence-corrected chi connectivity index (χ0v) is 15.5. The van der Waals surface area contributed by atoms with Gasteiger partial charge in [-0.15, -0.1) is 0 Å². The maximum Gasteiger partial charge on any atom is 0.243 e. The van der Waals surface area contributed by atoms with Crippen LogP contribution in [0, 0.1) is 20.8 Å². The monoisotopic (exact) mass is 345 g/mol. The van der Waals surface area contributed by atoms with Crippen LogP contribution in [0.1, 0.15) is 34.0 Å². The molecule has 0 aliphatic heterocycles. The Labute approximate surface area is 144 Å². The Hall–Kier alpha value is -1.98. The van der Waals surface area contributed by atoms with E-state index in [-0.39, 0.29) is 10.7 Å². The van der Waals surface area contributed by atoms with Gasteiger partial charge in [0.1, 0.15) is 0 Å². The van der Waals surface area contributed by atoms with E-state index in [1.54, 1.807) is 43.3 Å². The highest BCUT2D eigenvalue weighted by Crippen LogP contribution is 2.20. The zero-order chi connectivity index (χ0) is 18.1. The smallest absolute Gasteiger partial charge is 0.243 e. The highest BCUT2D eigenvalue weighted by Gasteiger charge is 2.30. The number of sulfonamides is 1. The van der Waals surface area contributed by atoms with Gasteiger partial charge in [0.05, 0.1) is 10.9 Å². The maximum atomic E-state index is 12.7. The summed E-state index contributed by atoms with van der Waals surface area (Å²) in [6, 6.07) is 11.3. The van der Waals surface area contributed by atoms with Gasteiger partial charge in [-0.1, -0.05) is 29.8 Å². The molecule has 5 heteroatoms. The van der Waals surface area contributed by atoms with Crippen molar-refractivity contribution in [3.05, 3.63) is 64.7 Å². The zero-order valence-electron chi connectivity index (χ0n) is 14.7. The largest absolute Gasteiger partial charge is 0.292 e. The summed E-state index contributed by atoms with van der Waals surface area (Å²) < 4.78 is 26.6. The van der Waals surface area contributed by atoms with Gasteiger partial charge in [0.25, 0.3) is 0 Å². The minimum atomic E-state index is -3.71. The van der Waals surface area contributed by atoms with E-state index in [0.29, 0.717) is 5.56 Å². The van der Waals surface area contributed by atoms with Gasteiger partial charge in [-0.2, -0.15) is 4.31 Å². The Morgan fingerprint density at radius 1 is 0.958 bits per heavy atom. The molecule has 0 saturated carbocycles. The van der Waals surface area contributed by atoms with Crippen molar-refractivity contribution in [2.24, 2.45) is 0 Å². The fourth-order valence-corrected chi connectivity index (χ4v) is 3.71. The van der Waals surface area contributed by atoms with Crippen LogP contribution in [0.4, 0.5) is 0 Å². The van der Waals surface area contributed by atoms with Gasteiger partial charge >= 0.3 is 0 Å². The topological polar surface area (TPSA) is 54.5 Å². The molecule has 0 heterocycles. The van der Waals surface area contributed by atoms with E-state index in [4.69, 9.17) is 0 Å². The van der Waals surface area contributed by atoms with Crippen LogP contribution in [0.25, 0.3) is 0 Å². The number of carbonyl (C=O) groups excluding carboxylic acids is 1. The maximum absolute atomic E-state index is 12.7. The normalized spacial score (nSPS) is 13.1. The lowest BCUT2D eigenvalue weighted by Gasteiger charge is -2.23. The number of Topliss-reactive ketones (excluding diaryl/α,β-unsaturated/α-hetero) is 1. The number of likely N-dealkylation sites (N-methyl/N-ethyl adjacent to an activating group) is 1. The van der Waals surface area contributed by atoms with Gasteiger partial charge in [-0.3, -0.25) is 4.79 Å². The highest BCUT2D eigenvalue weighted by atomic mass is 32.2. The lowest BCUT2D eigenvalue weighted by molar-refractivity contribution is 0.0919. The molecule has 0 bridgehead atoms. The van der Waals surface area contributed by atoms with Crippen LogP contribution in [-0.2, 0) is 10.0 Å². The number of carbonyl (C=O) groups is 1. The molecule has 0 aliphatic rings. The summed E-state index contributed by atoms with van der Waals surface area (Å²) in [6.07, 6.45) is 0. The first-order valence-corrected chi connectivity index (χ1v) is 9.25. The summed E-state index contributed by atoms with van der Waals surface area (Å²) >= 11 is 0. The van der Waals surface area contributed by atoms with Crippen molar-refractivity contribution in [1.29, 1.82) is 0 Å². The van der Waals surface area contributed by atoms with E-state index in [1.165, 1.54) is 7.05 Å². The fourth-order valence-electron chi connectivity index (χ4n) is 2.39. The van der Waals surface area contributed by atoms with Gasteiger partial charge in [-0.25, -0.2) is 8.42 Å². The Bertz CT molecular complexity index is 855. The molecule has 0 N–H and O–H groups in total. The quantitative estimate of drug-likeness (QED) is 0.779. The van der Waals surface area contributed by atoms with Gasteiger partial charge in [0.15, 0.2) is 5.78 Å². The lowest BCUT2D eigenvalue weighted by atomic mass is 10.0. The van der Waals surface area contributed by atoms with E-state index in [2.05, 4.69) is 0 Å². The number of rotatable bonds is 5. The second-order valence-corrected chi connectivity index (χ2v) is 8.17. The summed E-state index contributed by atoms with van der Waals surface area (Å²) in [5.74, 6) is -0.212. The average Bonchev–Trinajstić information content (AvgIpc) is 2.55. The number of ketones is 1. The van der Waals surface area contributed by atoms with Crippen molar-refractivity contribution in [3.63, 3.8) is 0 Å². The molecule has 0 fully saturated rings. The van der Waals surface area contributed by atoms with Gasteiger partial charge in [0, 0.05) is 12.6 Å². The summed E-state index contributed by atoms with van der Waals surface area (Å²) in [5, 5.41) is 0. The molecule has 0 radical (unpaired) electrons. The first-order chi connectivity index (χ1) is 11.1. The van der Waals surface area contributed by atoms with Crippen molar-refractivity contribution >= 4 is 15.8 Å². The van der Waals surface area contributed by atoms with E-state index in [0.717, 1.165) is 21.0 Å². The Morgan fingerprint density at radius 3 is 2.08 bits per heavy atom. The number of hydrogen-bond acceptors (Lipinski definition) is 3. The molecule has 128 valence electrons. The van der Waals surface area contributed by atoms with Crippen molar-refractivity contribution in [2.75, 3.05) is 7.05 Å². The Balaban J connectivity index is 2.30. The van der Waals surface area contributed by atoms with Gasteiger partial charge in [0.2, 0.25) is 10.0 Å². The SMILES string of the molecule is Cc1ccc(S(=O)(=O)N(C)C(C)C(=O)c2ccc(C)c(C)c2)cc1. The van der Waals surface area contributed by atoms with Crippen LogP contribution < -0.4 is 0 Å². The van der Waals surface area contributed by atoms with Crippen LogP contribution >= 0.6 is 0 Å².